The Morgan fingerprint density at radius 1 is 1.39 bits per heavy atom. The van der Waals surface area contributed by atoms with Crippen molar-refractivity contribution in [2.24, 2.45) is 5.73 Å². The maximum Gasteiger partial charge on any atom is 0.410 e. The van der Waals surface area contributed by atoms with E-state index in [-0.39, 0.29) is 23.8 Å². The Morgan fingerprint density at radius 3 is 2.61 bits per heavy atom. The molecule has 0 unspecified atom stereocenters. The van der Waals surface area contributed by atoms with Crippen molar-refractivity contribution >= 4 is 6.09 Å². The number of carbonyl (C=O) groups excluding carboxylic acids is 1. The van der Waals surface area contributed by atoms with E-state index in [2.05, 4.69) is 0 Å². The Labute approximate surface area is 136 Å². The van der Waals surface area contributed by atoms with E-state index in [1.807, 2.05) is 26.8 Å². The summed E-state index contributed by atoms with van der Waals surface area (Å²) in [5, 5.41) is 0. The van der Waals surface area contributed by atoms with Gasteiger partial charge < -0.3 is 20.1 Å². The van der Waals surface area contributed by atoms with Gasteiger partial charge in [0.05, 0.1) is 7.11 Å². The second-order valence-electron chi connectivity index (χ2n) is 6.88. The summed E-state index contributed by atoms with van der Waals surface area (Å²) in [5.74, 6) is -0.172. The van der Waals surface area contributed by atoms with Gasteiger partial charge >= 0.3 is 6.09 Å². The molecule has 5 nitrogen and oxygen atoms in total. The van der Waals surface area contributed by atoms with Gasteiger partial charge in [0.25, 0.3) is 0 Å². The summed E-state index contributed by atoms with van der Waals surface area (Å²) in [6, 6.07) is 4.64. The van der Waals surface area contributed by atoms with Crippen LogP contribution >= 0.6 is 0 Å². The highest BCUT2D eigenvalue weighted by Gasteiger charge is 2.32. The molecule has 2 atom stereocenters. The Hall–Kier alpha value is -1.82. The van der Waals surface area contributed by atoms with E-state index >= 15 is 0 Å². The van der Waals surface area contributed by atoms with Gasteiger partial charge in [-0.2, -0.15) is 0 Å². The molecule has 2 rings (SSSR count). The summed E-state index contributed by atoms with van der Waals surface area (Å²) >= 11 is 0. The molecule has 0 aliphatic carbocycles. The van der Waals surface area contributed by atoms with Crippen LogP contribution in [0.4, 0.5) is 9.18 Å². The number of likely N-dealkylation sites (tertiary alicyclic amines) is 1. The first-order valence-electron chi connectivity index (χ1n) is 7.78. The molecule has 1 heterocycles. The van der Waals surface area contributed by atoms with Gasteiger partial charge in [-0.25, -0.2) is 9.18 Å². The van der Waals surface area contributed by atoms with Crippen LogP contribution in [0.5, 0.6) is 5.75 Å². The lowest BCUT2D eigenvalue weighted by Crippen LogP contribution is -2.50. The minimum absolute atomic E-state index is 0.00842. The lowest BCUT2D eigenvalue weighted by Gasteiger charge is -2.37. The third kappa shape index (κ3) is 4.34. The average molecular weight is 324 g/mol. The Kier molecular flexibility index (Phi) is 5.14. The van der Waals surface area contributed by atoms with Gasteiger partial charge in [0, 0.05) is 25.0 Å². The molecule has 0 aromatic heterocycles. The predicted octanol–water partition coefficient (Wildman–Crippen LogP) is 2.89. The van der Waals surface area contributed by atoms with Gasteiger partial charge in [-0.05, 0) is 44.9 Å². The second-order valence-corrected chi connectivity index (χ2v) is 6.88. The first kappa shape index (κ1) is 17.5. The fourth-order valence-corrected chi connectivity index (χ4v) is 2.80. The van der Waals surface area contributed by atoms with Crippen LogP contribution in [0, 0.1) is 5.82 Å². The molecule has 0 radical (unpaired) electrons. The lowest BCUT2D eigenvalue weighted by molar-refractivity contribution is 0.0186. The molecule has 2 N–H and O–H groups in total. The van der Waals surface area contributed by atoms with E-state index < -0.39 is 11.4 Å². The number of amides is 1. The standard InChI is InChI=1S/C17H25FN2O3/c1-17(2,3)23-16(21)20-8-7-12(14(19)10-20)11-5-6-15(22-4)13(18)9-11/h5-6,9,12,14H,7-8,10,19H2,1-4H3/t12-,14-/m0/s1. The van der Waals surface area contributed by atoms with Crippen LogP contribution in [-0.4, -0.2) is 42.8 Å². The van der Waals surface area contributed by atoms with Crippen molar-refractivity contribution in [2.45, 2.75) is 44.8 Å². The molecular formula is C17H25FN2O3. The van der Waals surface area contributed by atoms with Gasteiger partial charge in [-0.3, -0.25) is 0 Å². The molecule has 128 valence electrons. The number of hydrogen-bond acceptors (Lipinski definition) is 4. The highest BCUT2D eigenvalue weighted by atomic mass is 19.1. The van der Waals surface area contributed by atoms with E-state index in [0.29, 0.717) is 19.5 Å². The van der Waals surface area contributed by atoms with Crippen LogP contribution in [0.25, 0.3) is 0 Å². The SMILES string of the molecule is COc1ccc([C@@H]2CCN(C(=O)OC(C)(C)C)C[C@@H]2N)cc1F. The minimum atomic E-state index is -0.531. The van der Waals surface area contributed by atoms with Gasteiger partial charge in [0.2, 0.25) is 0 Å². The zero-order chi connectivity index (χ0) is 17.2. The quantitative estimate of drug-likeness (QED) is 0.908. The van der Waals surface area contributed by atoms with Gasteiger partial charge in [-0.15, -0.1) is 0 Å². The first-order chi connectivity index (χ1) is 10.7. The van der Waals surface area contributed by atoms with Crippen molar-refractivity contribution in [3.8, 4) is 5.75 Å². The summed E-state index contributed by atoms with van der Waals surface area (Å²) in [7, 11) is 1.43. The maximum absolute atomic E-state index is 13.9. The van der Waals surface area contributed by atoms with Gasteiger partial charge in [0.1, 0.15) is 5.60 Å². The minimum Gasteiger partial charge on any atom is -0.494 e. The van der Waals surface area contributed by atoms with Crippen LogP contribution < -0.4 is 10.5 Å². The molecule has 23 heavy (non-hydrogen) atoms. The summed E-state index contributed by atoms with van der Waals surface area (Å²) in [6.07, 6.45) is 0.318. The summed E-state index contributed by atoms with van der Waals surface area (Å²) < 4.78 is 24.2. The van der Waals surface area contributed by atoms with E-state index in [1.54, 1.807) is 11.0 Å². The lowest BCUT2D eigenvalue weighted by atomic mass is 9.86. The highest BCUT2D eigenvalue weighted by Crippen LogP contribution is 2.30. The van der Waals surface area contributed by atoms with Crippen molar-refractivity contribution in [3.05, 3.63) is 29.6 Å². The summed E-state index contributed by atoms with van der Waals surface area (Å²) in [4.78, 5) is 13.7. The Bertz CT molecular complexity index is 571. The maximum atomic E-state index is 13.9. The third-order valence-corrected chi connectivity index (χ3v) is 3.91. The third-order valence-electron chi connectivity index (χ3n) is 3.91. The molecule has 1 aliphatic rings. The van der Waals surface area contributed by atoms with E-state index in [1.165, 1.54) is 13.2 Å². The smallest absolute Gasteiger partial charge is 0.410 e. The van der Waals surface area contributed by atoms with Crippen molar-refractivity contribution in [2.75, 3.05) is 20.2 Å². The fraction of sp³-hybridized carbons (Fsp3) is 0.588. The fourth-order valence-electron chi connectivity index (χ4n) is 2.80. The van der Waals surface area contributed by atoms with Crippen LogP contribution in [0.2, 0.25) is 0 Å². The summed E-state index contributed by atoms with van der Waals surface area (Å²) in [5.41, 5.74) is 6.52. The predicted molar refractivity (Wildman–Crippen MR) is 86.1 cm³/mol. The van der Waals surface area contributed by atoms with Crippen LogP contribution in [-0.2, 0) is 4.74 Å². The largest absolute Gasteiger partial charge is 0.494 e. The molecule has 0 saturated carbocycles. The van der Waals surface area contributed by atoms with E-state index in [0.717, 1.165) is 5.56 Å². The van der Waals surface area contributed by atoms with Crippen molar-refractivity contribution in [3.63, 3.8) is 0 Å². The van der Waals surface area contributed by atoms with Gasteiger partial charge in [-0.1, -0.05) is 6.07 Å². The number of benzene rings is 1. The number of methoxy groups -OCH3 is 1. The number of halogens is 1. The molecular weight excluding hydrogens is 299 g/mol. The topological polar surface area (TPSA) is 64.8 Å². The zero-order valence-electron chi connectivity index (χ0n) is 14.1. The molecule has 0 bridgehead atoms. The van der Waals surface area contributed by atoms with Crippen LogP contribution in [0.3, 0.4) is 0 Å². The molecule has 1 saturated heterocycles. The van der Waals surface area contributed by atoms with Crippen LogP contribution in [0.15, 0.2) is 18.2 Å². The molecule has 1 aliphatic heterocycles. The first-order valence-corrected chi connectivity index (χ1v) is 7.78. The second kappa shape index (κ2) is 6.74. The Morgan fingerprint density at radius 2 is 2.09 bits per heavy atom. The van der Waals surface area contributed by atoms with E-state index in [9.17, 15) is 9.18 Å². The highest BCUT2D eigenvalue weighted by molar-refractivity contribution is 5.68. The molecule has 0 spiro atoms. The monoisotopic (exact) mass is 324 g/mol. The van der Waals surface area contributed by atoms with Crippen LogP contribution in [0.1, 0.15) is 38.7 Å². The number of carbonyl (C=O) groups is 1. The van der Waals surface area contributed by atoms with Crippen molar-refractivity contribution in [1.82, 2.24) is 4.90 Å². The number of ether oxygens (including phenoxy) is 2. The molecule has 1 amide bonds. The number of hydrogen-bond donors (Lipinski definition) is 1. The van der Waals surface area contributed by atoms with E-state index in [4.69, 9.17) is 15.2 Å². The normalized spacial score (nSPS) is 21.9. The number of piperidine rings is 1. The van der Waals surface area contributed by atoms with Crippen molar-refractivity contribution < 1.29 is 18.7 Å². The Balaban J connectivity index is 2.04. The molecule has 1 fully saturated rings. The molecule has 1 aromatic carbocycles. The summed E-state index contributed by atoms with van der Waals surface area (Å²) in [6.45, 7) is 6.43. The molecule has 6 heteroatoms. The van der Waals surface area contributed by atoms with Gasteiger partial charge in [0.15, 0.2) is 11.6 Å². The average Bonchev–Trinajstić information content (AvgIpc) is 2.45. The van der Waals surface area contributed by atoms with Crippen molar-refractivity contribution in [1.29, 1.82) is 0 Å². The number of rotatable bonds is 2. The number of nitrogens with zero attached hydrogens (tertiary/aromatic N) is 1. The zero-order valence-corrected chi connectivity index (χ0v) is 14.1. The molecule has 1 aromatic rings. The number of nitrogens with two attached hydrogens (primary N) is 1.